The zero-order valence-corrected chi connectivity index (χ0v) is 11.7. The Morgan fingerprint density at radius 1 is 1.20 bits per heavy atom. The highest BCUT2D eigenvalue weighted by atomic mass is 16.4. The Balaban J connectivity index is 2.08. The number of H-pyrrole nitrogens is 1. The van der Waals surface area contributed by atoms with Gasteiger partial charge in [0.05, 0.1) is 0 Å². The molecule has 1 amide bonds. The Kier molecular flexibility index (Phi) is 2.86. The van der Waals surface area contributed by atoms with Gasteiger partial charge in [0.1, 0.15) is 5.76 Å². The van der Waals surface area contributed by atoms with Crippen LogP contribution in [0.25, 0.3) is 22.2 Å². The van der Waals surface area contributed by atoms with E-state index in [0.717, 1.165) is 16.5 Å². The molecule has 2 heterocycles. The number of nitrogens with zero attached hydrogens (tertiary/aromatic N) is 1. The molecule has 2 aromatic heterocycles. The highest BCUT2D eigenvalue weighted by Gasteiger charge is 2.15. The molecule has 0 bridgehead atoms. The first-order valence-corrected chi connectivity index (χ1v) is 6.46. The predicted molar refractivity (Wildman–Crippen MR) is 78.8 cm³/mol. The summed E-state index contributed by atoms with van der Waals surface area (Å²) < 4.78 is 5.69. The second-order valence-electron chi connectivity index (χ2n) is 5.11. The SMILES string of the molecule is Cc1ccc2[nH]cc(-c3ccc(C(=O)N(C)C)o3)c2c1. The third-order valence-electron chi connectivity index (χ3n) is 3.33. The summed E-state index contributed by atoms with van der Waals surface area (Å²) in [5.41, 5.74) is 3.22. The van der Waals surface area contributed by atoms with Crippen LogP contribution in [0.5, 0.6) is 0 Å². The first kappa shape index (κ1) is 12.5. The number of carbonyl (C=O) groups is 1. The van der Waals surface area contributed by atoms with Gasteiger partial charge in [0, 0.05) is 36.8 Å². The molecule has 0 radical (unpaired) electrons. The van der Waals surface area contributed by atoms with Gasteiger partial charge in [0.15, 0.2) is 5.76 Å². The molecule has 0 saturated carbocycles. The van der Waals surface area contributed by atoms with Gasteiger partial charge in [0.2, 0.25) is 0 Å². The van der Waals surface area contributed by atoms with E-state index in [1.165, 1.54) is 10.5 Å². The Labute approximate surface area is 117 Å². The number of aromatic amines is 1. The van der Waals surface area contributed by atoms with Crippen molar-refractivity contribution < 1.29 is 9.21 Å². The fourth-order valence-corrected chi connectivity index (χ4v) is 2.26. The summed E-state index contributed by atoms with van der Waals surface area (Å²) in [5, 5.41) is 1.10. The van der Waals surface area contributed by atoms with Gasteiger partial charge >= 0.3 is 0 Å². The smallest absolute Gasteiger partial charge is 0.289 e. The van der Waals surface area contributed by atoms with Gasteiger partial charge in [0.25, 0.3) is 5.91 Å². The van der Waals surface area contributed by atoms with Crippen molar-refractivity contribution in [2.24, 2.45) is 0 Å². The molecule has 0 atom stereocenters. The van der Waals surface area contributed by atoms with Crippen molar-refractivity contribution in [1.82, 2.24) is 9.88 Å². The second-order valence-corrected chi connectivity index (χ2v) is 5.11. The number of aryl methyl sites for hydroxylation is 1. The van der Waals surface area contributed by atoms with Crippen LogP contribution in [0.15, 0.2) is 40.9 Å². The van der Waals surface area contributed by atoms with Crippen molar-refractivity contribution >= 4 is 16.8 Å². The molecule has 4 nitrogen and oxygen atoms in total. The maximum atomic E-state index is 11.9. The number of fused-ring (bicyclic) bond motifs is 1. The van der Waals surface area contributed by atoms with Crippen LogP contribution < -0.4 is 0 Å². The van der Waals surface area contributed by atoms with Crippen molar-refractivity contribution in [2.45, 2.75) is 6.92 Å². The number of rotatable bonds is 2. The van der Waals surface area contributed by atoms with Gasteiger partial charge < -0.3 is 14.3 Å². The Bertz CT molecular complexity index is 781. The lowest BCUT2D eigenvalue weighted by Gasteiger charge is -2.06. The van der Waals surface area contributed by atoms with E-state index in [0.29, 0.717) is 11.5 Å². The zero-order valence-electron chi connectivity index (χ0n) is 11.7. The number of benzene rings is 1. The van der Waals surface area contributed by atoms with Gasteiger partial charge in [-0.15, -0.1) is 0 Å². The van der Waals surface area contributed by atoms with Crippen LogP contribution >= 0.6 is 0 Å². The Hall–Kier alpha value is -2.49. The fourth-order valence-electron chi connectivity index (χ4n) is 2.26. The van der Waals surface area contributed by atoms with Crippen LogP contribution in [-0.2, 0) is 0 Å². The van der Waals surface area contributed by atoms with Crippen molar-refractivity contribution in [3.63, 3.8) is 0 Å². The minimum absolute atomic E-state index is 0.132. The molecule has 0 spiro atoms. The quantitative estimate of drug-likeness (QED) is 0.774. The number of aromatic nitrogens is 1. The van der Waals surface area contributed by atoms with E-state index in [4.69, 9.17) is 4.42 Å². The van der Waals surface area contributed by atoms with E-state index in [1.54, 1.807) is 20.2 Å². The summed E-state index contributed by atoms with van der Waals surface area (Å²) in [7, 11) is 3.42. The molecule has 1 N–H and O–H groups in total. The lowest BCUT2D eigenvalue weighted by Crippen LogP contribution is -2.20. The summed E-state index contributed by atoms with van der Waals surface area (Å²) in [6, 6.07) is 9.76. The summed E-state index contributed by atoms with van der Waals surface area (Å²) in [6.45, 7) is 2.05. The third kappa shape index (κ3) is 1.99. The van der Waals surface area contributed by atoms with E-state index in [9.17, 15) is 4.79 Å². The van der Waals surface area contributed by atoms with Gasteiger partial charge in [-0.05, 0) is 31.2 Å². The number of hydrogen-bond donors (Lipinski definition) is 1. The molecule has 0 aliphatic heterocycles. The molecule has 0 unspecified atom stereocenters. The largest absolute Gasteiger partial charge is 0.451 e. The molecule has 3 aromatic rings. The fraction of sp³-hybridized carbons (Fsp3) is 0.188. The molecule has 102 valence electrons. The van der Waals surface area contributed by atoms with Crippen LogP contribution in [0.3, 0.4) is 0 Å². The third-order valence-corrected chi connectivity index (χ3v) is 3.33. The molecule has 0 aliphatic carbocycles. The molecule has 20 heavy (non-hydrogen) atoms. The maximum absolute atomic E-state index is 11.9. The monoisotopic (exact) mass is 268 g/mol. The van der Waals surface area contributed by atoms with Crippen LogP contribution in [-0.4, -0.2) is 29.9 Å². The highest BCUT2D eigenvalue weighted by molar-refractivity contribution is 5.96. The Morgan fingerprint density at radius 2 is 2.00 bits per heavy atom. The first-order chi connectivity index (χ1) is 9.56. The molecule has 1 aromatic carbocycles. The predicted octanol–water partition coefficient (Wildman–Crippen LogP) is 3.44. The van der Waals surface area contributed by atoms with E-state index in [2.05, 4.69) is 24.0 Å². The minimum atomic E-state index is -0.132. The van der Waals surface area contributed by atoms with Gasteiger partial charge in [-0.1, -0.05) is 11.6 Å². The van der Waals surface area contributed by atoms with Crippen molar-refractivity contribution in [1.29, 1.82) is 0 Å². The van der Waals surface area contributed by atoms with E-state index >= 15 is 0 Å². The summed E-state index contributed by atoms with van der Waals surface area (Å²) in [5.74, 6) is 0.923. The van der Waals surface area contributed by atoms with E-state index < -0.39 is 0 Å². The van der Waals surface area contributed by atoms with E-state index in [1.807, 2.05) is 18.3 Å². The van der Waals surface area contributed by atoms with Crippen molar-refractivity contribution in [3.8, 4) is 11.3 Å². The van der Waals surface area contributed by atoms with Crippen molar-refractivity contribution in [3.05, 3.63) is 47.9 Å². The lowest BCUT2D eigenvalue weighted by molar-refractivity contribution is 0.0797. The number of carbonyl (C=O) groups excluding carboxylic acids is 1. The molecular formula is C16H16N2O2. The van der Waals surface area contributed by atoms with Crippen molar-refractivity contribution in [2.75, 3.05) is 14.1 Å². The van der Waals surface area contributed by atoms with Gasteiger partial charge in [-0.2, -0.15) is 0 Å². The molecule has 0 saturated heterocycles. The number of amides is 1. The summed E-state index contributed by atoms with van der Waals surface area (Å²) in [6.07, 6.45) is 1.91. The van der Waals surface area contributed by atoms with Gasteiger partial charge in [-0.3, -0.25) is 4.79 Å². The molecule has 0 aliphatic rings. The average Bonchev–Trinajstić information content (AvgIpc) is 3.02. The van der Waals surface area contributed by atoms with Gasteiger partial charge in [-0.25, -0.2) is 0 Å². The summed E-state index contributed by atoms with van der Waals surface area (Å²) in [4.78, 5) is 16.6. The zero-order chi connectivity index (χ0) is 14.3. The normalized spacial score (nSPS) is 10.9. The minimum Gasteiger partial charge on any atom is -0.451 e. The topological polar surface area (TPSA) is 49.2 Å². The lowest BCUT2D eigenvalue weighted by atomic mass is 10.1. The molecule has 0 fully saturated rings. The van der Waals surface area contributed by atoms with Crippen LogP contribution in [0.4, 0.5) is 0 Å². The van der Waals surface area contributed by atoms with Crippen LogP contribution in [0, 0.1) is 6.92 Å². The number of nitrogens with one attached hydrogen (secondary N) is 1. The van der Waals surface area contributed by atoms with Crippen LogP contribution in [0.2, 0.25) is 0 Å². The average molecular weight is 268 g/mol. The number of furan rings is 1. The Morgan fingerprint density at radius 3 is 2.75 bits per heavy atom. The first-order valence-electron chi connectivity index (χ1n) is 6.46. The number of hydrogen-bond acceptors (Lipinski definition) is 2. The second kappa shape index (κ2) is 4.56. The molecule has 3 rings (SSSR count). The van der Waals surface area contributed by atoms with E-state index in [-0.39, 0.29) is 5.91 Å². The highest BCUT2D eigenvalue weighted by Crippen LogP contribution is 2.30. The van der Waals surface area contributed by atoms with Crippen LogP contribution in [0.1, 0.15) is 16.1 Å². The maximum Gasteiger partial charge on any atom is 0.289 e. The molecule has 4 heteroatoms. The standard InChI is InChI=1S/C16H16N2O2/c1-10-4-5-13-11(8-10)12(9-17-13)14-6-7-15(20-14)16(19)18(2)3/h4-9,17H,1-3H3. The molecular weight excluding hydrogens is 252 g/mol. The summed E-state index contributed by atoms with van der Waals surface area (Å²) >= 11 is 0.